The Morgan fingerprint density at radius 3 is 2.00 bits per heavy atom. The average Bonchev–Trinajstić information content (AvgIpc) is 2.13. The highest BCUT2D eigenvalue weighted by atomic mass is 32.3. The zero-order valence-electron chi connectivity index (χ0n) is 11.5. The van der Waals surface area contributed by atoms with Crippen LogP contribution >= 0.6 is 0 Å². The van der Waals surface area contributed by atoms with Crippen molar-refractivity contribution < 1.29 is 16.8 Å². The highest BCUT2D eigenvalue weighted by molar-refractivity contribution is 8.06. The lowest BCUT2D eigenvalue weighted by molar-refractivity contribution is 0.267. The van der Waals surface area contributed by atoms with Gasteiger partial charge in [0.15, 0.2) is 14.9 Å². The molecule has 0 spiro atoms. The molecule has 0 heterocycles. The number of rotatable bonds is 8. The number of sulfonamides is 1. The van der Waals surface area contributed by atoms with E-state index < -0.39 is 24.9 Å². The quantitative estimate of drug-likeness (QED) is 0.681. The van der Waals surface area contributed by atoms with Gasteiger partial charge in [0.25, 0.3) is 0 Å². The molecule has 0 aliphatic carbocycles. The number of hydrogen-bond acceptors (Lipinski definition) is 5. The van der Waals surface area contributed by atoms with E-state index in [0.717, 1.165) is 6.26 Å². The fourth-order valence-electron chi connectivity index (χ4n) is 1.45. The van der Waals surface area contributed by atoms with Crippen LogP contribution in [0, 0.1) is 5.41 Å². The molecule has 0 amide bonds. The maximum absolute atomic E-state index is 12.0. The van der Waals surface area contributed by atoms with Crippen molar-refractivity contribution in [2.45, 2.75) is 27.2 Å². The maximum Gasteiger partial charge on any atom is 0.228 e. The molecule has 8 heteroatoms. The Hall–Kier alpha value is -0.180. The molecule has 0 saturated carbocycles. The lowest BCUT2D eigenvalue weighted by Crippen LogP contribution is -2.44. The number of hydrogen-bond donors (Lipinski definition) is 1. The van der Waals surface area contributed by atoms with E-state index in [-0.39, 0.29) is 12.0 Å². The lowest BCUT2D eigenvalue weighted by Gasteiger charge is -2.30. The largest absolute Gasteiger partial charge is 0.330 e. The first-order valence-electron chi connectivity index (χ1n) is 5.79. The van der Waals surface area contributed by atoms with Crippen LogP contribution in [0.3, 0.4) is 0 Å². The first-order valence-corrected chi connectivity index (χ1v) is 9.46. The molecule has 18 heavy (non-hydrogen) atoms. The van der Waals surface area contributed by atoms with Crippen molar-refractivity contribution in [2.24, 2.45) is 11.1 Å². The van der Waals surface area contributed by atoms with E-state index in [2.05, 4.69) is 0 Å². The Morgan fingerprint density at radius 1 is 1.17 bits per heavy atom. The summed E-state index contributed by atoms with van der Waals surface area (Å²) in [5.41, 5.74) is 5.21. The maximum atomic E-state index is 12.0. The second-order valence-electron chi connectivity index (χ2n) is 5.36. The summed E-state index contributed by atoms with van der Waals surface area (Å²) in [6.07, 6.45) is 1.55. The van der Waals surface area contributed by atoms with Crippen molar-refractivity contribution in [2.75, 3.05) is 31.0 Å². The summed E-state index contributed by atoms with van der Waals surface area (Å²) < 4.78 is 47.6. The predicted octanol–water partition coefficient (Wildman–Crippen LogP) is 0.0152. The minimum Gasteiger partial charge on any atom is -0.330 e. The summed E-state index contributed by atoms with van der Waals surface area (Å²) in [6.45, 7) is 6.42. The molecule has 0 bridgehead atoms. The minimum absolute atomic E-state index is 0.231. The van der Waals surface area contributed by atoms with Gasteiger partial charge in [0.05, 0.1) is 0 Å². The van der Waals surface area contributed by atoms with Crippen molar-refractivity contribution in [1.29, 1.82) is 0 Å². The Kier molecular flexibility index (Phi) is 6.25. The van der Waals surface area contributed by atoms with E-state index in [0.29, 0.717) is 19.5 Å². The molecule has 0 fully saturated rings. The van der Waals surface area contributed by atoms with Gasteiger partial charge >= 0.3 is 0 Å². The Labute approximate surface area is 111 Å². The van der Waals surface area contributed by atoms with Crippen LogP contribution in [0.2, 0.25) is 0 Å². The zero-order valence-corrected chi connectivity index (χ0v) is 13.1. The summed E-state index contributed by atoms with van der Waals surface area (Å²) in [4.78, 5) is 0. The standard InChI is InChI=1S/C10H24N2O4S2/c1-5-6-12(8-10(2,3)7-11)18(15,16)9-17(4,13)14/h5-9,11H2,1-4H3. The number of nitrogens with zero attached hydrogens (tertiary/aromatic N) is 1. The third-order valence-corrected chi connectivity index (χ3v) is 6.39. The SMILES string of the molecule is CCCN(CC(C)(C)CN)S(=O)(=O)CS(C)(=O)=O. The van der Waals surface area contributed by atoms with E-state index in [9.17, 15) is 16.8 Å². The van der Waals surface area contributed by atoms with Crippen LogP contribution < -0.4 is 5.73 Å². The fourth-order valence-corrected chi connectivity index (χ4v) is 5.22. The van der Waals surface area contributed by atoms with Crippen molar-refractivity contribution >= 4 is 19.9 Å². The summed E-state index contributed by atoms with van der Waals surface area (Å²) in [5.74, 6) is 0. The summed E-state index contributed by atoms with van der Waals surface area (Å²) in [5, 5.41) is -0.847. The molecule has 0 rings (SSSR count). The summed E-state index contributed by atoms with van der Waals surface area (Å²) >= 11 is 0. The Balaban J connectivity index is 5.12. The van der Waals surface area contributed by atoms with Gasteiger partial charge in [0, 0.05) is 19.3 Å². The van der Waals surface area contributed by atoms with Crippen molar-refractivity contribution in [3.05, 3.63) is 0 Å². The lowest BCUT2D eigenvalue weighted by atomic mass is 9.94. The van der Waals surface area contributed by atoms with Gasteiger partial charge in [-0.1, -0.05) is 20.8 Å². The second-order valence-corrected chi connectivity index (χ2v) is 9.83. The van der Waals surface area contributed by atoms with Crippen LogP contribution in [0.25, 0.3) is 0 Å². The molecule has 0 aromatic rings. The third-order valence-electron chi connectivity index (χ3n) is 2.39. The average molecular weight is 300 g/mol. The zero-order chi connectivity index (χ0) is 14.6. The molecule has 0 aliphatic rings. The highest BCUT2D eigenvalue weighted by Gasteiger charge is 2.30. The van der Waals surface area contributed by atoms with E-state index >= 15 is 0 Å². The normalized spacial score (nSPS) is 14.1. The molecule has 0 aromatic heterocycles. The minimum atomic E-state index is -3.80. The molecule has 0 aliphatic heterocycles. The van der Waals surface area contributed by atoms with Crippen LogP contribution in [0.15, 0.2) is 0 Å². The van der Waals surface area contributed by atoms with E-state index in [1.807, 2.05) is 20.8 Å². The van der Waals surface area contributed by atoms with E-state index in [1.165, 1.54) is 4.31 Å². The van der Waals surface area contributed by atoms with Crippen LogP contribution in [0.1, 0.15) is 27.2 Å². The van der Waals surface area contributed by atoms with E-state index in [4.69, 9.17) is 5.73 Å². The predicted molar refractivity (Wildman–Crippen MR) is 73.3 cm³/mol. The topological polar surface area (TPSA) is 97.5 Å². The molecular formula is C10H24N2O4S2. The van der Waals surface area contributed by atoms with Crippen LogP contribution in [0.4, 0.5) is 0 Å². The van der Waals surface area contributed by atoms with E-state index in [1.54, 1.807) is 0 Å². The second kappa shape index (κ2) is 6.31. The summed E-state index contributed by atoms with van der Waals surface area (Å²) in [7, 11) is -7.36. The highest BCUT2D eigenvalue weighted by Crippen LogP contribution is 2.18. The van der Waals surface area contributed by atoms with Crippen molar-refractivity contribution in [1.82, 2.24) is 4.31 Å². The molecule has 2 N–H and O–H groups in total. The van der Waals surface area contributed by atoms with Crippen LogP contribution in [-0.2, 0) is 19.9 Å². The van der Waals surface area contributed by atoms with Gasteiger partial charge in [-0.25, -0.2) is 21.1 Å². The van der Waals surface area contributed by atoms with Gasteiger partial charge < -0.3 is 5.73 Å². The van der Waals surface area contributed by atoms with Gasteiger partial charge in [-0.15, -0.1) is 0 Å². The molecule has 0 unspecified atom stereocenters. The molecule has 0 saturated heterocycles. The monoisotopic (exact) mass is 300 g/mol. The van der Waals surface area contributed by atoms with Gasteiger partial charge in [-0.2, -0.15) is 0 Å². The van der Waals surface area contributed by atoms with Crippen LogP contribution in [0.5, 0.6) is 0 Å². The smallest absolute Gasteiger partial charge is 0.228 e. The first kappa shape index (κ1) is 17.8. The molecular weight excluding hydrogens is 276 g/mol. The van der Waals surface area contributed by atoms with Gasteiger partial charge in [-0.05, 0) is 18.4 Å². The first-order chi connectivity index (χ1) is 7.93. The Bertz CT molecular complexity index is 454. The van der Waals surface area contributed by atoms with Crippen molar-refractivity contribution in [3.63, 3.8) is 0 Å². The summed E-state index contributed by atoms with van der Waals surface area (Å²) in [6, 6.07) is 0. The molecule has 0 atom stereocenters. The fraction of sp³-hybridized carbons (Fsp3) is 1.00. The third kappa shape index (κ3) is 6.67. The van der Waals surface area contributed by atoms with Gasteiger partial charge in [-0.3, -0.25) is 0 Å². The Morgan fingerprint density at radius 2 is 1.67 bits per heavy atom. The molecule has 0 aromatic carbocycles. The molecule has 0 radical (unpaired) electrons. The van der Waals surface area contributed by atoms with Gasteiger partial charge in [0.1, 0.15) is 0 Å². The van der Waals surface area contributed by atoms with Crippen LogP contribution in [-0.4, -0.2) is 52.1 Å². The number of sulfone groups is 1. The van der Waals surface area contributed by atoms with Crippen molar-refractivity contribution in [3.8, 4) is 0 Å². The number of nitrogens with two attached hydrogens (primary N) is 1. The molecule has 110 valence electrons. The molecule has 6 nitrogen and oxygen atoms in total. The van der Waals surface area contributed by atoms with Gasteiger partial charge in [0.2, 0.25) is 10.0 Å².